The van der Waals surface area contributed by atoms with Crippen LogP contribution in [0.1, 0.15) is 284 Å². The summed E-state index contributed by atoms with van der Waals surface area (Å²) in [6, 6.07) is 0. The van der Waals surface area contributed by atoms with Gasteiger partial charge < -0.3 is 20.1 Å². The molecule has 0 saturated carbocycles. The molecule has 0 rings (SSSR count). The predicted molar refractivity (Wildman–Crippen MR) is 339 cm³/mol. The van der Waals surface area contributed by atoms with Gasteiger partial charge in [0.2, 0.25) is 0 Å². The van der Waals surface area contributed by atoms with E-state index < -0.39 is 26.5 Å². The lowest BCUT2D eigenvalue weighted by Crippen LogP contribution is -2.29. The maximum absolute atomic E-state index is 12.7. The second-order valence-electron chi connectivity index (χ2n) is 21.2. The van der Waals surface area contributed by atoms with Crippen LogP contribution in [0, 0.1) is 0 Å². The van der Waals surface area contributed by atoms with Gasteiger partial charge in [-0.1, -0.05) is 277 Å². The summed E-state index contributed by atoms with van der Waals surface area (Å²) >= 11 is 0. The van der Waals surface area contributed by atoms with E-state index in [0.717, 1.165) is 103 Å². The molecule has 2 atom stereocenters. The van der Waals surface area contributed by atoms with Gasteiger partial charge in [0.25, 0.3) is 0 Å². The molecule has 0 aliphatic rings. The largest absolute Gasteiger partial charge is 0.472 e. The standard InChI is InChI=1S/C69H120NO8P/c1-3-5-7-9-11-13-15-17-19-21-23-24-25-26-27-28-29-30-31-32-33-34-35-36-37-38-39-40-41-42-44-46-48-50-52-54-56-58-60-62-69(72)78-67(66-77-79(73,74)76-64-63-70)65-75-68(71)61-59-57-55-53-51-49-47-45-43-22-20-18-16-14-12-10-8-6-4-2/h5,7,11-14,17-20,23-24,26-27,29-30,32-33,67H,3-4,6,8-10,15-16,21-22,25,28,31,34-66,70H2,1-2H3,(H,73,74)/b7-5-,13-11-,14-12-,19-17-,20-18-,24-23-,27-26-,30-29-,33-32-. The summed E-state index contributed by atoms with van der Waals surface area (Å²) in [5.74, 6) is -0.828. The third-order valence-corrected chi connectivity index (χ3v) is 14.6. The van der Waals surface area contributed by atoms with Crippen LogP contribution in [0.3, 0.4) is 0 Å². The van der Waals surface area contributed by atoms with Crippen molar-refractivity contribution in [2.45, 2.75) is 290 Å². The summed E-state index contributed by atoms with van der Waals surface area (Å²) in [6.45, 7) is 3.62. The summed E-state index contributed by atoms with van der Waals surface area (Å²) in [6.07, 6.45) is 87.3. The normalized spacial score (nSPS) is 13.7. The molecule has 454 valence electrons. The van der Waals surface area contributed by atoms with E-state index in [1.807, 2.05) is 0 Å². The van der Waals surface area contributed by atoms with E-state index in [2.05, 4.69) is 123 Å². The fourth-order valence-electron chi connectivity index (χ4n) is 8.88. The molecule has 2 unspecified atom stereocenters. The number of esters is 2. The van der Waals surface area contributed by atoms with E-state index >= 15 is 0 Å². The first-order valence-corrected chi connectivity index (χ1v) is 33.9. The van der Waals surface area contributed by atoms with Crippen molar-refractivity contribution in [1.82, 2.24) is 0 Å². The van der Waals surface area contributed by atoms with Crippen molar-refractivity contribution < 1.29 is 37.6 Å². The van der Waals surface area contributed by atoms with Crippen molar-refractivity contribution in [1.29, 1.82) is 0 Å². The van der Waals surface area contributed by atoms with Gasteiger partial charge in [0.15, 0.2) is 6.10 Å². The highest BCUT2D eigenvalue weighted by Crippen LogP contribution is 2.43. The average molecular weight is 1120 g/mol. The van der Waals surface area contributed by atoms with E-state index in [0.29, 0.717) is 6.42 Å². The van der Waals surface area contributed by atoms with Crippen LogP contribution in [0.15, 0.2) is 109 Å². The predicted octanol–water partition coefficient (Wildman–Crippen LogP) is 21.0. The highest BCUT2D eigenvalue weighted by molar-refractivity contribution is 7.47. The number of phosphoric acid groups is 1. The number of carbonyl (C=O) groups excluding carboxylic acids is 2. The number of rotatable bonds is 60. The Hall–Kier alpha value is -3.33. The lowest BCUT2D eigenvalue weighted by atomic mass is 10.0. The fourth-order valence-corrected chi connectivity index (χ4v) is 9.65. The van der Waals surface area contributed by atoms with Gasteiger partial charge in [-0.2, -0.15) is 0 Å². The van der Waals surface area contributed by atoms with Crippen LogP contribution in [-0.4, -0.2) is 49.3 Å². The molecule has 0 saturated heterocycles. The Kier molecular flexibility index (Phi) is 61.2. The molecule has 3 N–H and O–H groups in total. The van der Waals surface area contributed by atoms with Crippen LogP contribution < -0.4 is 5.73 Å². The van der Waals surface area contributed by atoms with E-state index in [4.69, 9.17) is 24.3 Å². The molecule has 0 aliphatic heterocycles. The molecule has 0 radical (unpaired) electrons. The second-order valence-corrected chi connectivity index (χ2v) is 22.7. The molecule has 0 aliphatic carbocycles. The van der Waals surface area contributed by atoms with Crippen molar-refractivity contribution >= 4 is 19.8 Å². The lowest BCUT2D eigenvalue weighted by Gasteiger charge is -2.19. The van der Waals surface area contributed by atoms with Crippen LogP contribution >= 0.6 is 7.82 Å². The van der Waals surface area contributed by atoms with E-state index in [1.54, 1.807) is 0 Å². The molecule has 0 spiro atoms. The van der Waals surface area contributed by atoms with E-state index in [-0.39, 0.29) is 38.6 Å². The highest BCUT2D eigenvalue weighted by Gasteiger charge is 2.26. The fraction of sp³-hybridized carbons (Fsp3) is 0.710. The zero-order valence-electron chi connectivity index (χ0n) is 50.8. The van der Waals surface area contributed by atoms with Gasteiger partial charge in [0, 0.05) is 19.4 Å². The molecular weight excluding hydrogens is 1000 g/mol. The Morgan fingerprint density at radius 1 is 0.392 bits per heavy atom. The molecule has 0 bridgehead atoms. The Morgan fingerprint density at radius 2 is 0.696 bits per heavy atom. The quantitative estimate of drug-likeness (QED) is 0.0264. The first-order valence-electron chi connectivity index (χ1n) is 32.4. The maximum atomic E-state index is 12.7. The summed E-state index contributed by atoms with van der Waals surface area (Å²) in [7, 11) is -4.39. The molecule has 9 nitrogen and oxygen atoms in total. The molecule has 79 heavy (non-hydrogen) atoms. The topological polar surface area (TPSA) is 134 Å². The number of phosphoric ester groups is 1. The molecule has 0 aromatic heterocycles. The van der Waals surface area contributed by atoms with Gasteiger partial charge in [-0.3, -0.25) is 18.6 Å². The SMILES string of the molecule is CC/C=C\C/C=C\C/C=C\C/C=C\C/C=C\C/C=C\C/C=C\CCCCCCCCCCCCCCCCCCCC(=O)OC(COC(=O)CCCCCCCCCCC/C=C\C/C=C\CCCCC)COP(=O)(O)OCCN. The zero-order valence-corrected chi connectivity index (χ0v) is 51.7. The van der Waals surface area contributed by atoms with Crippen molar-refractivity contribution in [3.05, 3.63) is 109 Å². The first kappa shape index (κ1) is 75.7. The minimum absolute atomic E-state index is 0.0501. The molecule has 10 heteroatoms. The van der Waals surface area contributed by atoms with Crippen molar-refractivity contribution in [3.8, 4) is 0 Å². The monoisotopic (exact) mass is 1120 g/mol. The van der Waals surface area contributed by atoms with Crippen molar-refractivity contribution in [2.75, 3.05) is 26.4 Å². The number of nitrogens with two attached hydrogens (primary N) is 1. The van der Waals surface area contributed by atoms with Gasteiger partial charge in [-0.15, -0.1) is 0 Å². The highest BCUT2D eigenvalue weighted by atomic mass is 31.2. The summed E-state index contributed by atoms with van der Waals surface area (Å²) < 4.78 is 33.1. The van der Waals surface area contributed by atoms with E-state index in [9.17, 15) is 19.0 Å². The Bertz CT molecular complexity index is 1660. The second kappa shape index (κ2) is 63.8. The Balaban J connectivity index is 3.87. The van der Waals surface area contributed by atoms with Crippen LogP contribution in [0.5, 0.6) is 0 Å². The number of unbranched alkanes of at least 4 members (excludes halogenated alkanes) is 29. The number of hydrogen-bond donors (Lipinski definition) is 2. The van der Waals surface area contributed by atoms with Crippen LogP contribution in [0.25, 0.3) is 0 Å². The number of hydrogen-bond acceptors (Lipinski definition) is 8. The van der Waals surface area contributed by atoms with Gasteiger partial charge in [-0.05, 0) is 103 Å². The number of allylic oxidation sites excluding steroid dienone is 18. The number of carbonyl (C=O) groups is 2. The van der Waals surface area contributed by atoms with Crippen molar-refractivity contribution in [3.63, 3.8) is 0 Å². The molecule has 0 aromatic carbocycles. The maximum Gasteiger partial charge on any atom is 0.472 e. The lowest BCUT2D eigenvalue weighted by molar-refractivity contribution is -0.161. The van der Waals surface area contributed by atoms with Gasteiger partial charge in [0.1, 0.15) is 6.61 Å². The van der Waals surface area contributed by atoms with E-state index in [1.165, 1.54) is 148 Å². The zero-order chi connectivity index (χ0) is 57.3. The van der Waals surface area contributed by atoms with Crippen LogP contribution in [0.4, 0.5) is 0 Å². The van der Waals surface area contributed by atoms with Crippen LogP contribution in [-0.2, 0) is 32.7 Å². The smallest absolute Gasteiger partial charge is 0.462 e. The minimum Gasteiger partial charge on any atom is -0.462 e. The summed E-state index contributed by atoms with van der Waals surface area (Å²) in [4.78, 5) is 35.2. The number of ether oxygens (including phenoxy) is 2. The van der Waals surface area contributed by atoms with Gasteiger partial charge in [0.05, 0.1) is 13.2 Å². The molecule has 0 fully saturated rings. The Morgan fingerprint density at radius 3 is 1.04 bits per heavy atom. The molecular formula is C69H120NO8P. The molecule has 0 heterocycles. The van der Waals surface area contributed by atoms with Gasteiger partial charge in [-0.25, -0.2) is 4.57 Å². The minimum atomic E-state index is -4.39. The summed E-state index contributed by atoms with van der Waals surface area (Å²) in [5, 5.41) is 0. The first-order chi connectivity index (χ1) is 38.8. The van der Waals surface area contributed by atoms with Crippen molar-refractivity contribution in [2.24, 2.45) is 5.73 Å². The van der Waals surface area contributed by atoms with Gasteiger partial charge >= 0.3 is 19.8 Å². The third kappa shape index (κ3) is 63.7. The molecule has 0 aromatic rings. The Labute approximate surface area is 486 Å². The average Bonchev–Trinajstić information content (AvgIpc) is 3.44. The molecule has 0 amide bonds. The van der Waals surface area contributed by atoms with Crippen LogP contribution in [0.2, 0.25) is 0 Å². The summed E-state index contributed by atoms with van der Waals surface area (Å²) in [5.41, 5.74) is 5.39. The third-order valence-electron chi connectivity index (χ3n) is 13.6.